The molecule has 2 heteroatoms. The minimum atomic E-state index is -0.166. The quantitative estimate of drug-likeness (QED) is 0.614. The Morgan fingerprint density at radius 3 is 2.21 bits per heavy atom. The van der Waals surface area contributed by atoms with Crippen LogP contribution in [0.15, 0.2) is 24.3 Å². The number of hydrogen-bond acceptors (Lipinski definition) is 1. The fraction of sp³-hybridized carbons (Fsp3) is 0.647. The monoisotopic (exact) mass is 265 g/mol. The highest BCUT2D eigenvalue weighted by Gasteiger charge is 2.04. The molecule has 0 radical (unpaired) electrons. The van der Waals surface area contributed by atoms with Gasteiger partial charge in [-0.1, -0.05) is 51.7 Å². The number of unbranched alkanes of at least 4 members (excludes halogenated alkanes) is 3. The topological polar surface area (TPSA) is 12.0 Å². The molecule has 0 aromatic heterocycles. The molecule has 1 atom stereocenters. The third-order valence-electron chi connectivity index (χ3n) is 3.53. The van der Waals surface area contributed by atoms with Crippen molar-refractivity contribution in [2.45, 2.75) is 58.9 Å². The summed E-state index contributed by atoms with van der Waals surface area (Å²) in [5, 5.41) is 3.50. The summed E-state index contributed by atoms with van der Waals surface area (Å²) in [6.07, 6.45) is 6.56. The van der Waals surface area contributed by atoms with Crippen LogP contribution in [-0.4, -0.2) is 6.54 Å². The van der Waals surface area contributed by atoms with Gasteiger partial charge in [0, 0.05) is 6.04 Å². The first-order valence-corrected chi connectivity index (χ1v) is 7.58. The molecule has 19 heavy (non-hydrogen) atoms. The zero-order valence-electron chi connectivity index (χ0n) is 12.6. The van der Waals surface area contributed by atoms with Crippen molar-refractivity contribution in [1.29, 1.82) is 0 Å². The molecular formula is C17H28FN. The first kappa shape index (κ1) is 16.2. The van der Waals surface area contributed by atoms with Crippen LogP contribution in [0.2, 0.25) is 0 Å². The SMILES string of the molecule is CC(C)CCCCCCNC(C)c1ccc(F)cc1. The van der Waals surface area contributed by atoms with Crippen molar-refractivity contribution in [3.63, 3.8) is 0 Å². The summed E-state index contributed by atoms with van der Waals surface area (Å²) in [5.41, 5.74) is 1.15. The van der Waals surface area contributed by atoms with Crippen molar-refractivity contribution in [1.82, 2.24) is 5.32 Å². The van der Waals surface area contributed by atoms with E-state index in [1.807, 2.05) is 12.1 Å². The Hall–Kier alpha value is -0.890. The molecule has 0 spiro atoms. The lowest BCUT2D eigenvalue weighted by atomic mass is 10.0. The molecule has 1 aromatic rings. The van der Waals surface area contributed by atoms with Gasteiger partial charge in [-0.2, -0.15) is 0 Å². The Balaban J connectivity index is 2.07. The Labute approximate surface area is 117 Å². The Morgan fingerprint density at radius 1 is 0.947 bits per heavy atom. The fourth-order valence-electron chi connectivity index (χ4n) is 2.22. The lowest BCUT2D eigenvalue weighted by molar-refractivity contribution is 0.498. The molecule has 0 saturated carbocycles. The van der Waals surface area contributed by atoms with Gasteiger partial charge >= 0.3 is 0 Å². The van der Waals surface area contributed by atoms with Crippen LogP contribution in [0.5, 0.6) is 0 Å². The molecule has 1 rings (SSSR count). The third kappa shape index (κ3) is 7.31. The normalized spacial score (nSPS) is 12.9. The molecule has 0 aliphatic rings. The van der Waals surface area contributed by atoms with E-state index in [1.165, 1.54) is 44.2 Å². The first-order chi connectivity index (χ1) is 9.09. The number of halogens is 1. The molecule has 0 bridgehead atoms. The summed E-state index contributed by atoms with van der Waals surface area (Å²) >= 11 is 0. The zero-order chi connectivity index (χ0) is 14.1. The highest BCUT2D eigenvalue weighted by molar-refractivity contribution is 5.19. The third-order valence-corrected chi connectivity index (χ3v) is 3.53. The second kappa shape index (κ2) is 9.08. The van der Waals surface area contributed by atoms with Crippen molar-refractivity contribution in [2.75, 3.05) is 6.54 Å². The molecule has 0 heterocycles. The Kier molecular flexibility index (Phi) is 7.73. The fourth-order valence-corrected chi connectivity index (χ4v) is 2.22. The highest BCUT2D eigenvalue weighted by atomic mass is 19.1. The zero-order valence-corrected chi connectivity index (χ0v) is 12.6. The molecule has 0 aliphatic carbocycles. The van der Waals surface area contributed by atoms with Gasteiger partial charge < -0.3 is 5.32 Å². The Morgan fingerprint density at radius 2 is 1.58 bits per heavy atom. The van der Waals surface area contributed by atoms with Crippen molar-refractivity contribution >= 4 is 0 Å². The van der Waals surface area contributed by atoms with Gasteiger partial charge in [-0.05, 0) is 43.5 Å². The number of nitrogens with one attached hydrogen (secondary N) is 1. The van der Waals surface area contributed by atoms with E-state index in [-0.39, 0.29) is 5.82 Å². The second-order valence-electron chi connectivity index (χ2n) is 5.82. The van der Waals surface area contributed by atoms with E-state index in [0.29, 0.717) is 6.04 Å². The number of hydrogen-bond donors (Lipinski definition) is 1. The first-order valence-electron chi connectivity index (χ1n) is 7.58. The van der Waals surface area contributed by atoms with Gasteiger partial charge in [0.25, 0.3) is 0 Å². The standard InChI is InChI=1S/C17H28FN/c1-14(2)8-6-4-5-7-13-19-15(3)16-9-11-17(18)12-10-16/h9-12,14-15,19H,4-8,13H2,1-3H3. The van der Waals surface area contributed by atoms with E-state index in [4.69, 9.17) is 0 Å². The van der Waals surface area contributed by atoms with Crippen LogP contribution in [0, 0.1) is 11.7 Å². The van der Waals surface area contributed by atoms with Crippen molar-refractivity contribution in [2.24, 2.45) is 5.92 Å². The molecule has 1 aromatic carbocycles. The highest BCUT2D eigenvalue weighted by Crippen LogP contribution is 2.13. The van der Waals surface area contributed by atoms with Crippen LogP contribution in [0.1, 0.15) is 64.5 Å². The average molecular weight is 265 g/mol. The lowest BCUT2D eigenvalue weighted by Gasteiger charge is -2.14. The maximum absolute atomic E-state index is 12.8. The molecule has 1 N–H and O–H groups in total. The van der Waals surface area contributed by atoms with E-state index in [1.54, 1.807) is 0 Å². The molecule has 1 unspecified atom stereocenters. The molecular weight excluding hydrogens is 237 g/mol. The minimum absolute atomic E-state index is 0.166. The molecule has 0 saturated heterocycles. The smallest absolute Gasteiger partial charge is 0.123 e. The molecule has 1 nitrogen and oxygen atoms in total. The van der Waals surface area contributed by atoms with Gasteiger partial charge in [-0.3, -0.25) is 0 Å². The lowest BCUT2D eigenvalue weighted by Crippen LogP contribution is -2.19. The van der Waals surface area contributed by atoms with Gasteiger partial charge in [0.15, 0.2) is 0 Å². The van der Waals surface area contributed by atoms with E-state index in [2.05, 4.69) is 26.1 Å². The maximum atomic E-state index is 12.8. The number of benzene rings is 1. The van der Waals surface area contributed by atoms with Gasteiger partial charge in [-0.15, -0.1) is 0 Å². The molecule has 108 valence electrons. The van der Waals surface area contributed by atoms with E-state index >= 15 is 0 Å². The largest absolute Gasteiger partial charge is 0.310 e. The van der Waals surface area contributed by atoms with Crippen molar-refractivity contribution in [3.05, 3.63) is 35.6 Å². The minimum Gasteiger partial charge on any atom is -0.310 e. The predicted molar refractivity (Wildman–Crippen MR) is 80.7 cm³/mol. The maximum Gasteiger partial charge on any atom is 0.123 e. The van der Waals surface area contributed by atoms with Crippen LogP contribution >= 0.6 is 0 Å². The van der Waals surface area contributed by atoms with Gasteiger partial charge in [0.05, 0.1) is 0 Å². The summed E-state index contributed by atoms with van der Waals surface area (Å²) in [7, 11) is 0. The second-order valence-corrected chi connectivity index (χ2v) is 5.82. The van der Waals surface area contributed by atoms with E-state index in [0.717, 1.165) is 18.0 Å². The van der Waals surface area contributed by atoms with Crippen molar-refractivity contribution in [3.8, 4) is 0 Å². The number of rotatable bonds is 9. The summed E-state index contributed by atoms with van der Waals surface area (Å²) in [6, 6.07) is 7.07. The van der Waals surface area contributed by atoms with Gasteiger partial charge in [0.2, 0.25) is 0 Å². The summed E-state index contributed by atoms with van der Waals surface area (Å²) in [5.74, 6) is 0.665. The summed E-state index contributed by atoms with van der Waals surface area (Å²) in [6.45, 7) is 7.74. The van der Waals surface area contributed by atoms with Gasteiger partial charge in [0.1, 0.15) is 5.82 Å². The molecule has 0 fully saturated rings. The summed E-state index contributed by atoms with van der Waals surface area (Å²) in [4.78, 5) is 0. The van der Waals surface area contributed by atoms with E-state index in [9.17, 15) is 4.39 Å². The van der Waals surface area contributed by atoms with Crippen LogP contribution in [-0.2, 0) is 0 Å². The predicted octanol–water partition coefficient (Wildman–Crippen LogP) is 5.08. The van der Waals surface area contributed by atoms with Gasteiger partial charge in [-0.25, -0.2) is 4.39 Å². The average Bonchev–Trinajstić information content (AvgIpc) is 2.38. The summed E-state index contributed by atoms with van der Waals surface area (Å²) < 4.78 is 12.8. The van der Waals surface area contributed by atoms with Crippen molar-refractivity contribution < 1.29 is 4.39 Å². The molecule has 0 aliphatic heterocycles. The van der Waals surface area contributed by atoms with Crippen LogP contribution < -0.4 is 5.32 Å². The van der Waals surface area contributed by atoms with E-state index < -0.39 is 0 Å². The Bertz CT molecular complexity index is 332. The van der Waals surface area contributed by atoms with Crippen LogP contribution in [0.25, 0.3) is 0 Å². The van der Waals surface area contributed by atoms with Crippen LogP contribution in [0.4, 0.5) is 4.39 Å². The molecule has 0 amide bonds. The van der Waals surface area contributed by atoms with Crippen LogP contribution in [0.3, 0.4) is 0 Å².